The van der Waals surface area contributed by atoms with E-state index < -0.39 is 0 Å². The maximum Gasteiger partial charge on any atom is 0.174 e. The minimum atomic E-state index is 0.0522. The molecule has 4 heteroatoms. The number of halogens is 1. The van der Waals surface area contributed by atoms with Gasteiger partial charge >= 0.3 is 0 Å². The number of thiophene rings is 1. The Kier molecular flexibility index (Phi) is 2.85. The largest absolute Gasteiger partial charge is 0.293 e. The Balaban J connectivity index is 2.67. The number of hydrogen-bond acceptors (Lipinski definition) is 3. The van der Waals surface area contributed by atoms with Crippen molar-refractivity contribution in [3.05, 3.63) is 34.7 Å². The van der Waals surface area contributed by atoms with Gasteiger partial charge in [-0.15, -0.1) is 11.3 Å². The molecular formula is C11H6BrNOS. The monoisotopic (exact) mass is 279 g/mol. The van der Waals surface area contributed by atoms with Crippen LogP contribution in [0.2, 0.25) is 0 Å². The predicted octanol–water partition coefficient (Wildman–Crippen LogP) is 3.35. The second kappa shape index (κ2) is 4.13. The molecule has 0 saturated carbocycles. The maximum atomic E-state index is 11.6. The Morgan fingerprint density at radius 1 is 1.53 bits per heavy atom. The predicted molar refractivity (Wildman–Crippen MR) is 64.7 cm³/mol. The highest BCUT2D eigenvalue weighted by atomic mass is 79.9. The molecular weight excluding hydrogens is 274 g/mol. The Morgan fingerprint density at radius 2 is 2.33 bits per heavy atom. The molecule has 0 fully saturated rings. The summed E-state index contributed by atoms with van der Waals surface area (Å²) in [6.07, 6.45) is 0. The molecule has 74 valence electrons. The molecule has 0 atom stereocenters. The smallest absolute Gasteiger partial charge is 0.174 e. The van der Waals surface area contributed by atoms with Gasteiger partial charge < -0.3 is 0 Å². The number of alkyl halides is 1. The van der Waals surface area contributed by atoms with Crippen molar-refractivity contribution in [2.24, 2.45) is 0 Å². The molecule has 0 N–H and O–H groups in total. The fourth-order valence-electron chi connectivity index (χ4n) is 1.39. The summed E-state index contributed by atoms with van der Waals surface area (Å²) in [5, 5.41) is 11.8. The van der Waals surface area contributed by atoms with Gasteiger partial charge in [0.2, 0.25) is 0 Å². The van der Waals surface area contributed by atoms with Crippen molar-refractivity contribution < 1.29 is 4.79 Å². The van der Waals surface area contributed by atoms with Crippen LogP contribution in [-0.4, -0.2) is 11.1 Å². The van der Waals surface area contributed by atoms with Crippen LogP contribution in [0, 0.1) is 11.3 Å². The zero-order valence-electron chi connectivity index (χ0n) is 7.66. The first-order valence-electron chi connectivity index (χ1n) is 4.27. The molecule has 0 saturated heterocycles. The Labute approximate surface area is 99.3 Å². The van der Waals surface area contributed by atoms with Crippen LogP contribution >= 0.6 is 27.3 Å². The highest BCUT2D eigenvalue weighted by Gasteiger charge is 2.11. The normalized spacial score (nSPS) is 10.1. The zero-order valence-corrected chi connectivity index (χ0v) is 10.1. The van der Waals surface area contributed by atoms with Crippen molar-refractivity contribution in [1.82, 2.24) is 0 Å². The molecule has 0 bridgehead atoms. The van der Waals surface area contributed by atoms with Crippen LogP contribution in [0.3, 0.4) is 0 Å². The number of nitriles is 1. The molecule has 1 heterocycles. The summed E-state index contributed by atoms with van der Waals surface area (Å²) in [6.45, 7) is 0. The lowest BCUT2D eigenvalue weighted by molar-refractivity contribution is 0.102. The van der Waals surface area contributed by atoms with Crippen molar-refractivity contribution in [3.8, 4) is 6.07 Å². The Morgan fingerprint density at radius 3 is 3.00 bits per heavy atom. The van der Waals surface area contributed by atoms with Gasteiger partial charge in [-0.1, -0.05) is 15.9 Å². The van der Waals surface area contributed by atoms with Crippen LogP contribution < -0.4 is 0 Å². The van der Waals surface area contributed by atoms with E-state index >= 15 is 0 Å². The van der Waals surface area contributed by atoms with Crippen LogP contribution in [0.25, 0.3) is 10.1 Å². The topological polar surface area (TPSA) is 40.9 Å². The standard InChI is InChI=1S/C11H6BrNOS/c12-4-10(14)9-6-15-11-2-1-7(5-13)3-8(9)11/h1-3,6H,4H2. The van der Waals surface area contributed by atoms with E-state index in [9.17, 15) is 4.79 Å². The fraction of sp³-hybridized carbons (Fsp3) is 0.0909. The van der Waals surface area contributed by atoms with E-state index in [4.69, 9.17) is 5.26 Å². The average Bonchev–Trinajstić information content (AvgIpc) is 2.70. The highest BCUT2D eigenvalue weighted by Crippen LogP contribution is 2.27. The molecule has 0 aliphatic heterocycles. The van der Waals surface area contributed by atoms with Gasteiger partial charge in [0, 0.05) is 21.0 Å². The molecule has 1 aromatic heterocycles. The van der Waals surface area contributed by atoms with Crippen molar-refractivity contribution in [3.63, 3.8) is 0 Å². The maximum absolute atomic E-state index is 11.6. The summed E-state index contributed by atoms with van der Waals surface area (Å²) in [4.78, 5) is 11.6. The summed E-state index contributed by atoms with van der Waals surface area (Å²) in [5.74, 6) is 0.0522. The summed E-state index contributed by atoms with van der Waals surface area (Å²) in [5.41, 5.74) is 1.29. The number of hydrogen-bond donors (Lipinski definition) is 0. The molecule has 0 amide bonds. The number of fused-ring (bicyclic) bond motifs is 1. The van der Waals surface area contributed by atoms with E-state index in [1.54, 1.807) is 12.1 Å². The molecule has 0 aliphatic carbocycles. The zero-order chi connectivity index (χ0) is 10.8. The first kappa shape index (κ1) is 10.3. The third kappa shape index (κ3) is 1.81. The number of benzene rings is 1. The van der Waals surface area contributed by atoms with Gasteiger partial charge in [0.05, 0.1) is 17.0 Å². The Bertz CT molecular complexity index is 567. The van der Waals surface area contributed by atoms with Crippen molar-refractivity contribution >= 4 is 43.1 Å². The second-order valence-corrected chi connectivity index (χ2v) is 4.50. The fourth-order valence-corrected chi connectivity index (χ4v) is 2.63. The van der Waals surface area contributed by atoms with Crippen LogP contribution in [0.1, 0.15) is 15.9 Å². The average molecular weight is 280 g/mol. The van der Waals surface area contributed by atoms with Gasteiger partial charge in [0.1, 0.15) is 0 Å². The van der Waals surface area contributed by atoms with E-state index in [1.807, 2.05) is 11.4 Å². The number of ketones is 1. The molecule has 15 heavy (non-hydrogen) atoms. The lowest BCUT2D eigenvalue weighted by Crippen LogP contribution is -1.97. The van der Waals surface area contributed by atoms with Crippen LogP contribution in [0.4, 0.5) is 0 Å². The van der Waals surface area contributed by atoms with Gasteiger partial charge in [-0.05, 0) is 18.2 Å². The first-order valence-corrected chi connectivity index (χ1v) is 6.27. The third-order valence-corrected chi connectivity index (χ3v) is 3.60. The summed E-state index contributed by atoms with van der Waals surface area (Å²) in [6, 6.07) is 7.48. The third-order valence-electron chi connectivity index (χ3n) is 2.12. The molecule has 0 spiro atoms. The summed E-state index contributed by atoms with van der Waals surface area (Å²) >= 11 is 4.67. The van der Waals surface area contributed by atoms with Crippen molar-refractivity contribution in [2.75, 3.05) is 5.33 Å². The minimum absolute atomic E-state index is 0.0522. The molecule has 1 aromatic carbocycles. The lowest BCUT2D eigenvalue weighted by atomic mass is 10.1. The van der Waals surface area contributed by atoms with Gasteiger partial charge in [0.15, 0.2) is 5.78 Å². The van der Waals surface area contributed by atoms with Crippen molar-refractivity contribution in [2.45, 2.75) is 0 Å². The van der Waals surface area contributed by atoms with E-state index in [0.717, 1.165) is 10.1 Å². The first-order chi connectivity index (χ1) is 7.26. The highest BCUT2D eigenvalue weighted by molar-refractivity contribution is 9.09. The molecule has 0 radical (unpaired) electrons. The van der Waals surface area contributed by atoms with E-state index in [-0.39, 0.29) is 5.78 Å². The van der Waals surface area contributed by atoms with Gasteiger partial charge in [-0.3, -0.25) is 4.79 Å². The number of carbonyl (C=O) groups excluding carboxylic acids is 1. The van der Waals surface area contributed by atoms with Crippen LogP contribution in [-0.2, 0) is 0 Å². The SMILES string of the molecule is N#Cc1ccc2scc(C(=O)CBr)c2c1. The molecule has 2 rings (SSSR count). The molecule has 0 unspecified atom stereocenters. The number of rotatable bonds is 2. The van der Waals surface area contributed by atoms with Crippen LogP contribution in [0.5, 0.6) is 0 Å². The van der Waals surface area contributed by atoms with E-state index in [0.29, 0.717) is 16.5 Å². The quantitative estimate of drug-likeness (QED) is 0.625. The Hall–Kier alpha value is -1.18. The van der Waals surface area contributed by atoms with Crippen LogP contribution in [0.15, 0.2) is 23.6 Å². The lowest BCUT2D eigenvalue weighted by Gasteiger charge is -1.95. The number of carbonyl (C=O) groups is 1. The minimum Gasteiger partial charge on any atom is -0.293 e. The van der Waals surface area contributed by atoms with Gasteiger partial charge in [0.25, 0.3) is 0 Å². The molecule has 2 nitrogen and oxygen atoms in total. The van der Waals surface area contributed by atoms with Crippen molar-refractivity contribution in [1.29, 1.82) is 5.26 Å². The van der Waals surface area contributed by atoms with Gasteiger partial charge in [-0.25, -0.2) is 0 Å². The summed E-state index contributed by atoms with van der Waals surface area (Å²) < 4.78 is 1.04. The van der Waals surface area contributed by atoms with Gasteiger partial charge in [-0.2, -0.15) is 5.26 Å². The number of nitrogens with zero attached hydrogens (tertiary/aromatic N) is 1. The molecule has 2 aromatic rings. The van der Waals surface area contributed by atoms with E-state index in [1.165, 1.54) is 11.3 Å². The molecule has 0 aliphatic rings. The second-order valence-electron chi connectivity index (χ2n) is 3.03. The number of Topliss-reactive ketones (excluding diaryl/α,β-unsaturated/α-hetero) is 1. The summed E-state index contributed by atoms with van der Waals surface area (Å²) in [7, 11) is 0. The van der Waals surface area contributed by atoms with E-state index in [2.05, 4.69) is 22.0 Å².